The summed E-state index contributed by atoms with van der Waals surface area (Å²) in [7, 11) is 1.71. The Morgan fingerprint density at radius 2 is 2.11 bits per heavy atom. The highest BCUT2D eigenvalue weighted by Gasteiger charge is 2.17. The molecule has 0 aromatic carbocycles. The van der Waals surface area contributed by atoms with Crippen LogP contribution in [0.3, 0.4) is 0 Å². The normalized spacial score (nSPS) is 11.8. The summed E-state index contributed by atoms with van der Waals surface area (Å²) < 4.78 is 5.41. The second-order valence-corrected chi connectivity index (χ2v) is 5.78. The van der Waals surface area contributed by atoms with Gasteiger partial charge in [-0.15, -0.1) is 11.3 Å². The van der Waals surface area contributed by atoms with Crippen molar-refractivity contribution in [2.75, 3.05) is 30.8 Å². The van der Waals surface area contributed by atoms with Crippen LogP contribution < -0.4 is 10.6 Å². The molecule has 2 rings (SSSR count). The summed E-state index contributed by atoms with van der Waals surface area (Å²) in [6, 6.07) is 2.04. The number of rotatable bonds is 6. The van der Waals surface area contributed by atoms with E-state index in [9.17, 15) is 0 Å². The first-order valence-corrected chi connectivity index (χ1v) is 7.22. The van der Waals surface area contributed by atoms with Crippen LogP contribution in [0.4, 0.5) is 11.8 Å². The molecule has 0 bridgehead atoms. The van der Waals surface area contributed by atoms with Crippen LogP contribution >= 0.6 is 11.3 Å². The molecule has 0 atom stereocenters. The molecule has 0 radical (unpaired) electrons. The minimum absolute atomic E-state index is 0.231. The molecule has 2 aromatic rings. The van der Waals surface area contributed by atoms with Gasteiger partial charge in [-0.2, -0.15) is 4.98 Å². The third-order valence-electron chi connectivity index (χ3n) is 2.89. The largest absolute Gasteiger partial charge is 0.377 e. The molecule has 0 spiro atoms. The first-order chi connectivity index (χ1) is 9.05. The fourth-order valence-corrected chi connectivity index (χ4v) is 2.36. The molecule has 0 saturated heterocycles. The summed E-state index contributed by atoms with van der Waals surface area (Å²) in [5.41, 5.74) is -0.231. The van der Waals surface area contributed by atoms with Crippen LogP contribution in [0.5, 0.6) is 0 Å². The van der Waals surface area contributed by atoms with Gasteiger partial charge in [0.1, 0.15) is 10.6 Å². The van der Waals surface area contributed by atoms with E-state index in [1.54, 1.807) is 18.4 Å². The van der Waals surface area contributed by atoms with Crippen LogP contribution in [0.15, 0.2) is 11.4 Å². The van der Waals surface area contributed by atoms with Crippen LogP contribution in [0.2, 0.25) is 0 Å². The Morgan fingerprint density at radius 3 is 2.79 bits per heavy atom. The number of thiophene rings is 1. The van der Waals surface area contributed by atoms with Crippen LogP contribution in [-0.2, 0) is 4.74 Å². The number of nitrogens with zero attached hydrogens (tertiary/aromatic N) is 2. The lowest BCUT2D eigenvalue weighted by Crippen LogP contribution is -2.32. The van der Waals surface area contributed by atoms with E-state index in [1.165, 1.54) is 0 Å². The fourth-order valence-electron chi connectivity index (χ4n) is 1.60. The standard InChI is InChI=1S/C13H20N4OS/c1-5-14-12-16-10(15-8-13(2,3)18-4)9-6-7-19-11(9)17-12/h6-7H,5,8H2,1-4H3,(H2,14,15,16,17). The van der Waals surface area contributed by atoms with Gasteiger partial charge in [-0.1, -0.05) is 0 Å². The Kier molecular flexibility index (Phi) is 4.21. The molecular formula is C13H20N4OS. The third kappa shape index (κ3) is 3.33. The van der Waals surface area contributed by atoms with Gasteiger partial charge in [0.05, 0.1) is 11.0 Å². The molecule has 104 valence electrons. The molecule has 0 aliphatic carbocycles. The van der Waals surface area contributed by atoms with Gasteiger partial charge in [-0.25, -0.2) is 4.98 Å². The second-order valence-electron chi connectivity index (χ2n) is 4.88. The van der Waals surface area contributed by atoms with Gasteiger partial charge < -0.3 is 15.4 Å². The number of anilines is 2. The predicted molar refractivity (Wildman–Crippen MR) is 81.2 cm³/mol. The molecule has 0 saturated carbocycles. The van der Waals surface area contributed by atoms with E-state index in [-0.39, 0.29) is 5.60 Å². The highest BCUT2D eigenvalue weighted by Crippen LogP contribution is 2.26. The minimum Gasteiger partial charge on any atom is -0.377 e. The minimum atomic E-state index is -0.231. The Labute approximate surface area is 117 Å². The quantitative estimate of drug-likeness (QED) is 0.852. The smallest absolute Gasteiger partial charge is 0.226 e. The first-order valence-electron chi connectivity index (χ1n) is 6.34. The average molecular weight is 280 g/mol. The summed E-state index contributed by atoms with van der Waals surface area (Å²) in [6.07, 6.45) is 0. The van der Waals surface area contributed by atoms with Crippen molar-refractivity contribution in [3.05, 3.63) is 11.4 Å². The zero-order chi connectivity index (χ0) is 13.9. The maximum atomic E-state index is 5.41. The predicted octanol–water partition coefficient (Wildman–Crippen LogP) is 2.96. The van der Waals surface area contributed by atoms with E-state index in [0.29, 0.717) is 12.5 Å². The van der Waals surface area contributed by atoms with Crippen molar-refractivity contribution in [3.63, 3.8) is 0 Å². The molecular weight excluding hydrogens is 260 g/mol. The number of aromatic nitrogens is 2. The van der Waals surface area contributed by atoms with Crippen LogP contribution in [0, 0.1) is 0 Å². The van der Waals surface area contributed by atoms with Gasteiger partial charge in [0.2, 0.25) is 5.95 Å². The van der Waals surface area contributed by atoms with E-state index >= 15 is 0 Å². The van der Waals surface area contributed by atoms with Crippen molar-refractivity contribution in [3.8, 4) is 0 Å². The summed E-state index contributed by atoms with van der Waals surface area (Å²) in [4.78, 5) is 9.98. The Morgan fingerprint density at radius 1 is 1.32 bits per heavy atom. The van der Waals surface area contributed by atoms with Crippen LogP contribution in [0.25, 0.3) is 10.2 Å². The summed E-state index contributed by atoms with van der Waals surface area (Å²) in [6.45, 7) is 7.61. The molecule has 5 nitrogen and oxygen atoms in total. The molecule has 6 heteroatoms. The lowest BCUT2D eigenvalue weighted by molar-refractivity contribution is 0.0343. The van der Waals surface area contributed by atoms with Crippen molar-refractivity contribution >= 4 is 33.3 Å². The van der Waals surface area contributed by atoms with Crippen molar-refractivity contribution in [1.82, 2.24) is 9.97 Å². The molecule has 2 aromatic heterocycles. The van der Waals surface area contributed by atoms with Crippen LogP contribution in [0.1, 0.15) is 20.8 Å². The van der Waals surface area contributed by atoms with Crippen molar-refractivity contribution < 1.29 is 4.74 Å². The van der Waals surface area contributed by atoms with Gasteiger partial charge in [0.15, 0.2) is 0 Å². The highest BCUT2D eigenvalue weighted by atomic mass is 32.1. The zero-order valence-corrected chi connectivity index (χ0v) is 12.6. The summed E-state index contributed by atoms with van der Waals surface area (Å²) in [5.74, 6) is 1.52. The summed E-state index contributed by atoms with van der Waals surface area (Å²) in [5, 5.41) is 9.59. The average Bonchev–Trinajstić information content (AvgIpc) is 2.85. The molecule has 0 fully saturated rings. The molecule has 0 aliphatic heterocycles. The van der Waals surface area contributed by atoms with Gasteiger partial charge in [0, 0.05) is 20.2 Å². The number of methoxy groups -OCH3 is 1. The van der Waals surface area contributed by atoms with E-state index in [1.807, 2.05) is 32.2 Å². The summed E-state index contributed by atoms with van der Waals surface area (Å²) >= 11 is 1.62. The highest BCUT2D eigenvalue weighted by molar-refractivity contribution is 7.16. The zero-order valence-electron chi connectivity index (χ0n) is 11.8. The fraction of sp³-hybridized carbons (Fsp3) is 0.538. The Balaban J connectivity index is 2.27. The monoisotopic (exact) mass is 280 g/mol. The first kappa shape index (κ1) is 14.0. The van der Waals surface area contributed by atoms with Gasteiger partial charge in [-0.3, -0.25) is 0 Å². The molecule has 0 unspecified atom stereocenters. The molecule has 19 heavy (non-hydrogen) atoms. The van der Waals surface area contributed by atoms with E-state index in [4.69, 9.17) is 4.74 Å². The van der Waals surface area contributed by atoms with E-state index in [2.05, 4.69) is 20.6 Å². The van der Waals surface area contributed by atoms with Crippen molar-refractivity contribution in [2.24, 2.45) is 0 Å². The van der Waals surface area contributed by atoms with Crippen molar-refractivity contribution in [1.29, 1.82) is 0 Å². The second kappa shape index (κ2) is 5.71. The van der Waals surface area contributed by atoms with Gasteiger partial charge in [-0.05, 0) is 32.2 Å². The van der Waals surface area contributed by atoms with Crippen molar-refractivity contribution in [2.45, 2.75) is 26.4 Å². The third-order valence-corrected chi connectivity index (χ3v) is 3.70. The Bertz CT molecular complexity index is 553. The molecule has 2 heterocycles. The van der Waals surface area contributed by atoms with E-state index < -0.39 is 0 Å². The number of hydrogen-bond acceptors (Lipinski definition) is 6. The number of fused-ring (bicyclic) bond motifs is 1. The molecule has 0 aliphatic rings. The van der Waals surface area contributed by atoms with Gasteiger partial charge in [0.25, 0.3) is 0 Å². The topological polar surface area (TPSA) is 59.1 Å². The number of ether oxygens (including phenoxy) is 1. The molecule has 2 N–H and O–H groups in total. The molecule has 0 amide bonds. The number of nitrogens with one attached hydrogen (secondary N) is 2. The maximum absolute atomic E-state index is 5.41. The maximum Gasteiger partial charge on any atom is 0.226 e. The van der Waals surface area contributed by atoms with E-state index in [0.717, 1.165) is 22.6 Å². The SMILES string of the molecule is CCNc1nc(NCC(C)(C)OC)c2ccsc2n1. The number of hydrogen-bond donors (Lipinski definition) is 2. The Hall–Kier alpha value is -1.40. The lowest BCUT2D eigenvalue weighted by Gasteiger charge is -2.23. The van der Waals surface area contributed by atoms with Gasteiger partial charge >= 0.3 is 0 Å². The van der Waals surface area contributed by atoms with Crippen LogP contribution in [-0.4, -0.2) is 35.8 Å². The lowest BCUT2D eigenvalue weighted by atomic mass is 10.1.